The van der Waals surface area contributed by atoms with Crippen LogP contribution in [0.2, 0.25) is 0 Å². The Morgan fingerprint density at radius 3 is 2.83 bits per heavy atom. The average molecular weight is 314 g/mol. The summed E-state index contributed by atoms with van der Waals surface area (Å²) in [4.78, 5) is 30.3. The van der Waals surface area contributed by atoms with Gasteiger partial charge in [-0.3, -0.25) is 18.9 Å². The molecule has 0 unspecified atom stereocenters. The number of fused-ring (bicyclic) bond motifs is 1. The van der Waals surface area contributed by atoms with E-state index in [1.807, 2.05) is 19.1 Å². The Morgan fingerprint density at radius 2 is 2.13 bits per heavy atom. The summed E-state index contributed by atoms with van der Waals surface area (Å²) >= 11 is 0. The van der Waals surface area contributed by atoms with Crippen molar-refractivity contribution < 1.29 is 4.79 Å². The summed E-state index contributed by atoms with van der Waals surface area (Å²) in [5.41, 5.74) is 7.61. The van der Waals surface area contributed by atoms with Gasteiger partial charge in [0.2, 0.25) is 5.91 Å². The molecule has 23 heavy (non-hydrogen) atoms. The molecule has 0 radical (unpaired) electrons. The number of hydrogen-bond acceptors (Lipinski definition) is 4. The van der Waals surface area contributed by atoms with Crippen LogP contribution in [-0.2, 0) is 11.3 Å². The first-order valence-electron chi connectivity index (χ1n) is 8.04. The molecular formula is C17H22N4O2. The summed E-state index contributed by atoms with van der Waals surface area (Å²) in [7, 11) is 0. The maximum atomic E-state index is 12.3. The highest BCUT2D eigenvalue weighted by atomic mass is 16.1. The molecule has 1 aliphatic carbocycles. The number of pyridine rings is 1. The molecule has 0 saturated heterocycles. The van der Waals surface area contributed by atoms with E-state index in [-0.39, 0.29) is 18.0 Å². The Hall–Kier alpha value is -2.21. The lowest BCUT2D eigenvalue weighted by atomic mass is 10.2. The molecule has 2 aromatic rings. The van der Waals surface area contributed by atoms with Crippen molar-refractivity contribution in [1.82, 2.24) is 14.3 Å². The van der Waals surface area contributed by atoms with E-state index in [9.17, 15) is 9.59 Å². The minimum Gasteiger partial charge on any atom is -0.369 e. The number of carbonyl (C=O) groups excluding carboxylic acids is 1. The number of nitrogens with two attached hydrogens (primary N) is 1. The maximum Gasteiger partial charge on any atom is 0.258 e. The molecule has 3 rings (SSSR count). The second kappa shape index (κ2) is 6.50. The van der Waals surface area contributed by atoms with E-state index >= 15 is 0 Å². The molecule has 1 aliphatic rings. The smallest absolute Gasteiger partial charge is 0.258 e. The number of hydrogen-bond donors (Lipinski definition) is 1. The SMILES string of the molecule is Cc1ccc2nc(CN(CC(N)=O)C3CCCC3)cc(=O)n2c1. The lowest BCUT2D eigenvalue weighted by Crippen LogP contribution is -2.40. The lowest BCUT2D eigenvalue weighted by molar-refractivity contribution is -0.119. The van der Waals surface area contributed by atoms with Gasteiger partial charge in [0.15, 0.2) is 0 Å². The highest BCUT2D eigenvalue weighted by molar-refractivity contribution is 5.75. The predicted octanol–water partition coefficient (Wildman–Crippen LogP) is 1.23. The molecule has 0 aromatic carbocycles. The van der Waals surface area contributed by atoms with Gasteiger partial charge in [-0.25, -0.2) is 4.98 Å². The number of aryl methyl sites for hydroxylation is 1. The molecule has 2 heterocycles. The monoisotopic (exact) mass is 314 g/mol. The first-order valence-corrected chi connectivity index (χ1v) is 8.04. The molecule has 1 amide bonds. The van der Waals surface area contributed by atoms with E-state index in [0.717, 1.165) is 18.4 Å². The van der Waals surface area contributed by atoms with Crippen LogP contribution >= 0.6 is 0 Å². The average Bonchev–Trinajstić information content (AvgIpc) is 3.01. The molecule has 2 N–H and O–H groups in total. The molecule has 6 nitrogen and oxygen atoms in total. The summed E-state index contributed by atoms with van der Waals surface area (Å²) in [6.45, 7) is 2.63. The van der Waals surface area contributed by atoms with E-state index in [1.165, 1.54) is 12.8 Å². The topological polar surface area (TPSA) is 80.7 Å². The fourth-order valence-corrected chi connectivity index (χ4v) is 3.33. The first-order chi connectivity index (χ1) is 11.0. The Morgan fingerprint density at radius 1 is 1.39 bits per heavy atom. The zero-order chi connectivity index (χ0) is 16.4. The zero-order valence-electron chi connectivity index (χ0n) is 13.4. The highest BCUT2D eigenvalue weighted by Crippen LogP contribution is 2.24. The first kappa shape index (κ1) is 15.7. The van der Waals surface area contributed by atoms with Gasteiger partial charge in [-0.05, 0) is 31.4 Å². The summed E-state index contributed by atoms with van der Waals surface area (Å²) < 4.78 is 1.55. The summed E-state index contributed by atoms with van der Waals surface area (Å²) in [5.74, 6) is -0.343. The van der Waals surface area contributed by atoms with Crippen molar-refractivity contribution in [2.75, 3.05) is 6.54 Å². The van der Waals surface area contributed by atoms with Crippen molar-refractivity contribution in [3.05, 3.63) is 46.0 Å². The standard InChI is InChI=1S/C17H22N4O2/c1-12-6-7-16-19-13(8-17(23)21(16)9-12)10-20(11-15(18)22)14-4-2-3-5-14/h6-9,14H,2-5,10-11H2,1H3,(H2,18,22). The maximum absolute atomic E-state index is 12.3. The van der Waals surface area contributed by atoms with Gasteiger partial charge in [0, 0.05) is 24.8 Å². The number of rotatable bonds is 5. The lowest BCUT2D eigenvalue weighted by Gasteiger charge is -2.27. The molecule has 1 fully saturated rings. The van der Waals surface area contributed by atoms with Crippen LogP contribution in [0.5, 0.6) is 0 Å². The van der Waals surface area contributed by atoms with Crippen LogP contribution in [-0.4, -0.2) is 32.8 Å². The third kappa shape index (κ3) is 3.59. The van der Waals surface area contributed by atoms with Crippen molar-refractivity contribution >= 4 is 11.6 Å². The van der Waals surface area contributed by atoms with Crippen LogP contribution in [0.1, 0.15) is 36.9 Å². The van der Waals surface area contributed by atoms with Gasteiger partial charge in [-0.2, -0.15) is 0 Å². The fourth-order valence-electron chi connectivity index (χ4n) is 3.33. The van der Waals surface area contributed by atoms with Crippen LogP contribution in [0.25, 0.3) is 5.65 Å². The summed E-state index contributed by atoms with van der Waals surface area (Å²) in [5, 5.41) is 0. The Labute approximate surface area is 134 Å². The highest BCUT2D eigenvalue weighted by Gasteiger charge is 2.24. The van der Waals surface area contributed by atoms with Crippen molar-refractivity contribution in [3.63, 3.8) is 0 Å². The number of primary amides is 1. The van der Waals surface area contributed by atoms with E-state index < -0.39 is 0 Å². The van der Waals surface area contributed by atoms with Crippen LogP contribution < -0.4 is 11.3 Å². The third-order valence-corrected chi connectivity index (χ3v) is 4.43. The van der Waals surface area contributed by atoms with E-state index in [2.05, 4.69) is 9.88 Å². The molecule has 1 saturated carbocycles. The zero-order valence-corrected chi connectivity index (χ0v) is 13.4. The molecule has 0 bridgehead atoms. The van der Waals surface area contributed by atoms with Gasteiger partial charge in [-0.1, -0.05) is 18.9 Å². The Kier molecular flexibility index (Phi) is 4.43. The Balaban J connectivity index is 1.90. The molecule has 122 valence electrons. The van der Waals surface area contributed by atoms with Crippen molar-refractivity contribution in [3.8, 4) is 0 Å². The molecule has 6 heteroatoms. The van der Waals surface area contributed by atoms with Gasteiger partial charge in [0.25, 0.3) is 5.56 Å². The van der Waals surface area contributed by atoms with Crippen LogP contribution in [0.15, 0.2) is 29.2 Å². The molecule has 0 spiro atoms. The number of amides is 1. The molecule has 0 aliphatic heterocycles. The van der Waals surface area contributed by atoms with Gasteiger partial charge in [0.1, 0.15) is 5.65 Å². The normalized spacial score (nSPS) is 15.6. The van der Waals surface area contributed by atoms with Crippen molar-refractivity contribution in [2.45, 2.75) is 45.2 Å². The van der Waals surface area contributed by atoms with Crippen molar-refractivity contribution in [2.24, 2.45) is 5.73 Å². The van der Waals surface area contributed by atoms with E-state index in [4.69, 9.17) is 5.73 Å². The van der Waals surface area contributed by atoms with Crippen LogP contribution in [0.4, 0.5) is 0 Å². The number of aromatic nitrogens is 2. The second-order valence-electron chi connectivity index (χ2n) is 6.33. The minimum absolute atomic E-state index is 0.0980. The summed E-state index contributed by atoms with van der Waals surface area (Å²) in [6.07, 6.45) is 6.27. The minimum atomic E-state index is -0.343. The van der Waals surface area contributed by atoms with Crippen LogP contribution in [0.3, 0.4) is 0 Å². The number of carbonyl (C=O) groups is 1. The van der Waals surface area contributed by atoms with Crippen molar-refractivity contribution in [1.29, 1.82) is 0 Å². The second-order valence-corrected chi connectivity index (χ2v) is 6.33. The summed E-state index contributed by atoms with van der Waals surface area (Å²) in [6, 6.07) is 5.67. The van der Waals surface area contributed by atoms with Gasteiger partial charge in [-0.15, -0.1) is 0 Å². The van der Waals surface area contributed by atoms with Gasteiger partial charge in [0.05, 0.1) is 12.2 Å². The largest absolute Gasteiger partial charge is 0.369 e. The Bertz CT molecular complexity index is 778. The van der Waals surface area contributed by atoms with Gasteiger partial charge >= 0.3 is 0 Å². The quantitative estimate of drug-likeness (QED) is 0.900. The molecular weight excluding hydrogens is 292 g/mol. The molecule has 0 atom stereocenters. The fraction of sp³-hybridized carbons (Fsp3) is 0.471. The number of nitrogens with zero attached hydrogens (tertiary/aromatic N) is 3. The van der Waals surface area contributed by atoms with Crippen LogP contribution in [0, 0.1) is 6.92 Å². The molecule has 2 aromatic heterocycles. The predicted molar refractivity (Wildman–Crippen MR) is 88.1 cm³/mol. The van der Waals surface area contributed by atoms with Gasteiger partial charge < -0.3 is 5.73 Å². The van der Waals surface area contributed by atoms with E-state index in [0.29, 0.717) is 23.9 Å². The third-order valence-electron chi connectivity index (χ3n) is 4.43. The van der Waals surface area contributed by atoms with E-state index in [1.54, 1.807) is 16.7 Å².